The first-order chi connectivity index (χ1) is 25.5. The van der Waals surface area contributed by atoms with Gasteiger partial charge >= 0.3 is 12.2 Å². The SMILES string of the molecule is Cc1csc(-c2cc(O[C@H]3CCN4C(=O)N(C)CCCC/C=C\[C@@H]5C[C@@]5(C(=O)NS(=O)(=O)C5(C)CC5)NC(=O)[C@@H]4C3)nc(-c3nc(C(F)(F)F)cs3)n2)n1. The average molecular weight is 809 g/mol. The van der Waals surface area contributed by atoms with Gasteiger partial charge in [-0.2, -0.15) is 18.2 Å². The fourth-order valence-electron chi connectivity index (χ4n) is 6.61. The molecule has 0 spiro atoms. The molecular formula is C34H39F3N8O6S3. The fraction of sp³-hybridized carbons (Fsp3) is 0.559. The number of halogens is 3. The van der Waals surface area contributed by atoms with Crippen LogP contribution in [-0.2, 0) is 25.8 Å². The van der Waals surface area contributed by atoms with Crippen molar-refractivity contribution < 1.29 is 40.7 Å². The van der Waals surface area contributed by atoms with Crippen LogP contribution in [0.15, 0.2) is 29.0 Å². The first kappa shape index (κ1) is 38.1. The van der Waals surface area contributed by atoms with Gasteiger partial charge in [0.2, 0.25) is 21.8 Å². The third-order valence-electron chi connectivity index (χ3n) is 10.3. The number of hydrogen-bond acceptors (Lipinski definition) is 12. The molecular weight excluding hydrogens is 770 g/mol. The zero-order valence-corrected chi connectivity index (χ0v) is 32.1. The van der Waals surface area contributed by atoms with Gasteiger partial charge in [0.05, 0.1) is 4.75 Å². The van der Waals surface area contributed by atoms with E-state index in [0.717, 1.165) is 23.1 Å². The van der Waals surface area contributed by atoms with Crippen LogP contribution in [0.25, 0.3) is 21.5 Å². The normalized spacial score (nSPS) is 26.5. The summed E-state index contributed by atoms with van der Waals surface area (Å²) < 4.78 is 73.9. The molecule has 20 heteroatoms. The Balaban J connectivity index is 1.18. The van der Waals surface area contributed by atoms with Crippen LogP contribution in [0.3, 0.4) is 0 Å². The zero-order valence-electron chi connectivity index (χ0n) is 29.7. The highest BCUT2D eigenvalue weighted by Gasteiger charge is 2.63. The van der Waals surface area contributed by atoms with E-state index in [9.17, 15) is 36.0 Å². The smallest absolute Gasteiger partial charge is 0.434 e. The van der Waals surface area contributed by atoms with Gasteiger partial charge in [0.15, 0.2) is 16.5 Å². The number of carbonyl (C=O) groups excluding carboxylic acids is 3. The standard InChI is InChI=1S/C34H39F3N8O6S3/c1-19-17-52-28(38-19)22-15-25(41-26(39-22)29-40-24(18-53-29)34(35,36)37)51-21-9-13-45-23(14-21)27(46)42-33(30(47)43-54(49,50)32(2)10-11-32)16-20(33)8-6-4-5-7-12-44(3)31(45)48/h6,8,15,17-18,20-21,23H,4-5,7,9-14,16H2,1-3H3,(H,42,46)(H,43,47)/b8-6-/t20-,21+,23+,33-/m1/s1. The highest BCUT2D eigenvalue weighted by Crippen LogP contribution is 2.47. The van der Waals surface area contributed by atoms with E-state index in [1.54, 1.807) is 31.2 Å². The molecule has 4 amide bonds. The number of fused-ring (bicyclic) bond motifs is 2. The molecule has 3 aromatic heterocycles. The molecule has 7 rings (SSSR count). The summed E-state index contributed by atoms with van der Waals surface area (Å²) in [6.07, 6.45) is 1.83. The van der Waals surface area contributed by atoms with Gasteiger partial charge in [-0.05, 0) is 52.4 Å². The Kier molecular flexibility index (Phi) is 9.99. The first-order valence-electron chi connectivity index (χ1n) is 17.6. The van der Waals surface area contributed by atoms with Crippen molar-refractivity contribution in [3.8, 4) is 27.4 Å². The van der Waals surface area contributed by atoms with Crippen LogP contribution in [0.5, 0.6) is 5.88 Å². The molecule has 290 valence electrons. The van der Waals surface area contributed by atoms with E-state index in [4.69, 9.17) is 4.74 Å². The van der Waals surface area contributed by atoms with Gasteiger partial charge < -0.3 is 19.9 Å². The summed E-state index contributed by atoms with van der Waals surface area (Å²) >= 11 is 2.01. The summed E-state index contributed by atoms with van der Waals surface area (Å²) in [6, 6.07) is 0.0104. The van der Waals surface area contributed by atoms with Crippen LogP contribution in [0.2, 0.25) is 0 Å². The summed E-state index contributed by atoms with van der Waals surface area (Å²) in [4.78, 5) is 61.8. The van der Waals surface area contributed by atoms with E-state index in [1.165, 1.54) is 22.3 Å². The van der Waals surface area contributed by atoms with Crippen molar-refractivity contribution in [3.05, 3.63) is 40.4 Å². The Hall–Kier alpha value is -4.17. The molecule has 2 N–H and O–H groups in total. The summed E-state index contributed by atoms with van der Waals surface area (Å²) in [5.74, 6) is -2.01. The Morgan fingerprint density at radius 1 is 1.07 bits per heavy atom. The highest BCUT2D eigenvalue weighted by molar-refractivity contribution is 7.91. The molecule has 54 heavy (non-hydrogen) atoms. The lowest BCUT2D eigenvalue weighted by atomic mass is 9.97. The van der Waals surface area contributed by atoms with Crippen molar-refractivity contribution in [2.45, 2.75) is 93.8 Å². The topological polar surface area (TPSA) is 177 Å². The number of nitrogens with one attached hydrogen (secondary N) is 2. The molecule has 4 atom stereocenters. The molecule has 1 saturated heterocycles. The fourth-order valence-corrected chi connectivity index (χ4v) is 9.44. The van der Waals surface area contributed by atoms with Crippen molar-refractivity contribution in [3.63, 3.8) is 0 Å². The van der Waals surface area contributed by atoms with Crippen LogP contribution < -0.4 is 14.8 Å². The van der Waals surface area contributed by atoms with Crippen LogP contribution in [0, 0.1) is 12.8 Å². The molecule has 4 aliphatic rings. The van der Waals surface area contributed by atoms with Gasteiger partial charge in [0, 0.05) is 61.4 Å². The Morgan fingerprint density at radius 2 is 1.83 bits per heavy atom. The van der Waals surface area contributed by atoms with Crippen LogP contribution in [-0.4, -0.2) is 98.6 Å². The molecule has 2 aliphatic carbocycles. The highest BCUT2D eigenvalue weighted by atomic mass is 32.2. The van der Waals surface area contributed by atoms with E-state index in [-0.39, 0.29) is 48.6 Å². The minimum absolute atomic E-state index is 0.0109. The van der Waals surface area contributed by atoms with Crippen molar-refractivity contribution in [2.24, 2.45) is 5.92 Å². The van der Waals surface area contributed by atoms with Crippen LogP contribution >= 0.6 is 22.7 Å². The second-order valence-corrected chi connectivity index (χ2v) is 18.4. The molecule has 0 unspecified atom stereocenters. The summed E-state index contributed by atoms with van der Waals surface area (Å²) in [5, 5.41) is 5.93. The largest absolute Gasteiger partial charge is 0.474 e. The van der Waals surface area contributed by atoms with Crippen molar-refractivity contribution in [2.75, 3.05) is 20.1 Å². The Bertz CT molecular complexity index is 2100. The minimum atomic E-state index is -4.66. The summed E-state index contributed by atoms with van der Waals surface area (Å²) in [7, 11) is -2.34. The Morgan fingerprint density at radius 3 is 2.52 bits per heavy atom. The molecule has 14 nitrogen and oxygen atoms in total. The number of nitrogens with zero attached hydrogens (tertiary/aromatic N) is 6. The van der Waals surface area contributed by atoms with Gasteiger partial charge in [-0.15, -0.1) is 22.7 Å². The van der Waals surface area contributed by atoms with Gasteiger partial charge in [-0.3, -0.25) is 14.3 Å². The molecule has 2 aliphatic heterocycles. The average Bonchev–Trinajstić information content (AvgIpc) is 3.87. The van der Waals surface area contributed by atoms with E-state index in [0.29, 0.717) is 48.6 Å². The molecule has 3 aromatic rings. The predicted molar refractivity (Wildman–Crippen MR) is 193 cm³/mol. The number of rotatable bonds is 7. The quantitative estimate of drug-likeness (QED) is 0.312. The number of aryl methyl sites for hydroxylation is 1. The van der Waals surface area contributed by atoms with Gasteiger partial charge in [0.1, 0.15) is 28.4 Å². The maximum atomic E-state index is 14.3. The number of aromatic nitrogens is 4. The number of amides is 4. The number of thiazole rings is 2. The number of hydrogen-bond donors (Lipinski definition) is 2. The monoisotopic (exact) mass is 808 g/mol. The molecule has 2 saturated carbocycles. The van der Waals surface area contributed by atoms with E-state index >= 15 is 0 Å². The van der Waals surface area contributed by atoms with E-state index in [1.807, 2.05) is 12.2 Å². The summed E-state index contributed by atoms with van der Waals surface area (Å²) in [6.45, 7) is 3.91. The second-order valence-electron chi connectivity index (χ2n) is 14.5. The lowest BCUT2D eigenvalue weighted by Crippen LogP contribution is -2.61. The molecule has 5 heterocycles. The molecule has 0 aromatic carbocycles. The zero-order chi connectivity index (χ0) is 38.6. The number of piperidine rings is 1. The molecule has 0 bridgehead atoms. The maximum Gasteiger partial charge on any atom is 0.434 e. The number of carbonyl (C=O) groups is 3. The number of urea groups is 1. The number of alkyl halides is 3. The van der Waals surface area contributed by atoms with Gasteiger partial charge in [0.25, 0.3) is 5.91 Å². The lowest BCUT2D eigenvalue weighted by Gasteiger charge is -2.40. The lowest BCUT2D eigenvalue weighted by molar-refractivity contribution is -0.140. The second kappa shape index (κ2) is 14.2. The number of ether oxygens (including phenoxy) is 1. The van der Waals surface area contributed by atoms with Gasteiger partial charge in [-0.1, -0.05) is 12.2 Å². The van der Waals surface area contributed by atoms with E-state index < -0.39 is 62.1 Å². The first-order valence-corrected chi connectivity index (χ1v) is 20.8. The molecule has 3 fully saturated rings. The minimum Gasteiger partial charge on any atom is -0.474 e. The van der Waals surface area contributed by atoms with Gasteiger partial charge in [-0.25, -0.2) is 28.2 Å². The van der Waals surface area contributed by atoms with Crippen molar-refractivity contribution in [1.82, 2.24) is 39.8 Å². The third kappa shape index (κ3) is 7.68. The summed E-state index contributed by atoms with van der Waals surface area (Å²) in [5.41, 5.74) is -1.59. The third-order valence-corrected chi connectivity index (χ3v) is 14.3. The predicted octanol–water partition coefficient (Wildman–Crippen LogP) is 4.93. The number of sulfonamides is 1. The van der Waals surface area contributed by atoms with Crippen molar-refractivity contribution in [1.29, 1.82) is 0 Å². The Labute approximate surface area is 317 Å². The van der Waals surface area contributed by atoms with E-state index in [2.05, 4.69) is 30.0 Å². The molecule has 0 radical (unpaired) electrons. The maximum absolute atomic E-state index is 14.3. The van der Waals surface area contributed by atoms with Crippen molar-refractivity contribution >= 4 is 50.5 Å². The van der Waals surface area contributed by atoms with Crippen LogP contribution in [0.1, 0.15) is 69.7 Å². The van der Waals surface area contributed by atoms with Crippen LogP contribution in [0.4, 0.5) is 18.0 Å². The number of allylic oxidation sites excluding steroid dienone is 1.